The summed E-state index contributed by atoms with van der Waals surface area (Å²) in [4.78, 5) is 31.0. The number of anilines is 1. The van der Waals surface area contributed by atoms with Gasteiger partial charge in [0, 0.05) is 6.42 Å². The van der Waals surface area contributed by atoms with Gasteiger partial charge < -0.3 is 4.74 Å². The van der Waals surface area contributed by atoms with E-state index in [1.165, 1.54) is 16.7 Å². The summed E-state index contributed by atoms with van der Waals surface area (Å²) in [5, 5.41) is -0.436. The van der Waals surface area contributed by atoms with Crippen LogP contribution in [0.3, 0.4) is 0 Å². The molecule has 1 aliphatic rings. The number of carbonyl (C=O) groups excluding carboxylic acids is 2. The van der Waals surface area contributed by atoms with Crippen molar-refractivity contribution < 1.29 is 14.3 Å². The molecule has 1 saturated heterocycles. The van der Waals surface area contributed by atoms with Crippen LogP contribution in [0.15, 0.2) is 52.9 Å². The Labute approximate surface area is 159 Å². The first-order valence-corrected chi connectivity index (χ1v) is 9.97. The van der Waals surface area contributed by atoms with E-state index < -0.39 is 5.25 Å². The molecule has 0 radical (unpaired) electrons. The molecule has 0 N–H and O–H groups in total. The molecule has 0 bridgehead atoms. The summed E-state index contributed by atoms with van der Waals surface area (Å²) in [7, 11) is 0. The van der Waals surface area contributed by atoms with Gasteiger partial charge in [0.2, 0.25) is 11.8 Å². The van der Waals surface area contributed by atoms with Gasteiger partial charge >= 0.3 is 0 Å². The Balaban J connectivity index is 1.53. The number of hydrogen-bond acceptors (Lipinski definition) is 6. The first kappa shape index (κ1) is 17.1. The van der Waals surface area contributed by atoms with E-state index >= 15 is 0 Å². The molecule has 0 spiro atoms. The number of amides is 2. The highest BCUT2D eigenvalue weighted by atomic mass is 32.2. The number of ether oxygens (including phenoxy) is 1. The Morgan fingerprint density at radius 1 is 1.19 bits per heavy atom. The van der Waals surface area contributed by atoms with Gasteiger partial charge in [0.1, 0.15) is 11.0 Å². The standard InChI is InChI=1S/C19H16N2O3S2/c1-2-24-13-9-7-12(8-10-13)21-17(22)11-16(18(21)23)26-19-20-14-5-3-4-6-15(14)25-19/h3-10,16H,2,11H2,1H3. The van der Waals surface area contributed by atoms with Gasteiger partial charge in [0.05, 0.1) is 22.5 Å². The Kier molecular flexibility index (Phi) is 4.65. The molecular formula is C19H16N2O3S2. The molecule has 3 aromatic rings. The van der Waals surface area contributed by atoms with Crippen LogP contribution in [-0.4, -0.2) is 28.7 Å². The van der Waals surface area contributed by atoms with Crippen molar-refractivity contribution in [2.45, 2.75) is 22.9 Å². The highest BCUT2D eigenvalue weighted by Gasteiger charge is 2.40. The number of para-hydroxylation sites is 1. The maximum Gasteiger partial charge on any atom is 0.247 e. The number of rotatable bonds is 5. The molecule has 2 amide bonds. The molecule has 5 nitrogen and oxygen atoms in total. The van der Waals surface area contributed by atoms with Gasteiger partial charge in [-0.05, 0) is 43.3 Å². The van der Waals surface area contributed by atoms with Crippen LogP contribution < -0.4 is 9.64 Å². The fourth-order valence-electron chi connectivity index (χ4n) is 2.85. The Morgan fingerprint density at radius 2 is 1.96 bits per heavy atom. The fraction of sp³-hybridized carbons (Fsp3) is 0.211. The summed E-state index contributed by atoms with van der Waals surface area (Å²) >= 11 is 2.91. The predicted molar refractivity (Wildman–Crippen MR) is 104 cm³/mol. The summed E-state index contributed by atoms with van der Waals surface area (Å²) in [6.07, 6.45) is 0.187. The van der Waals surface area contributed by atoms with E-state index in [4.69, 9.17) is 4.74 Å². The zero-order valence-corrected chi connectivity index (χ0v) is 15.7. The van der Waals surface area contributed by atoms with E-state index in [-0.39, 0.29) is 18.2 Å². The Bertz CT molecular complexity index is 935. The Morgan fingerprint density at radius 3 is 2.69 bits per heavy atom. The summed E-state index contributed by atoms with van der Waals surface area (Å²) in [6, 6.07) is 14.9. The second-order valence-corrected chi connectivity index (χ2v) is 8.23. The van der Waals surface area contributed by atoms with Gasteiger partial charge in [-0.25, -0.2) is 9.88 Å². The third kappa shape index (κ3) is 3.20. The quantitative estimate of drug-likeness (QED) is 0.619. The van der Waals surface area contributed by atoms with Crippen LogP contribution in [0.5, 0.6) is 5.75 Å². The van der Waals surface area contributed by atoms with Crippen LogP contribution in [0.4, 0.5) is 5.69 Å². The third-order valence-electron chi connectivity index (χ3n) is 4.03. The minimum atomic E-state index is -0.436. The van der Waals surface area contributed by atoms with Crippen LogP contribution >= 0.6 is 23.1 Å². The molecule has 2 aromatic carbocycles. The smallest absolute Gasteiger partial charge is 0.247 e. The topological polar surface area (TPSA) is 59.5 Å². The van der Waals surface area contributed by atoms with Crippen LogP contribution in [0, 0.1) is 0 Å². The van der Waals surface area contributed by atoms with E-state index in [0.717, 1.165) is 20.3 Å². The number of carbonyl (C=O) groups is 2. The van der Waals surface area contributed by atoms with E-state index in [0.29, 0.717) is 12.3 Å². The van der Waals surface area contributed by atoms with Gasteiger partial charge in [0.25, 0.3) is 0 Å². The molecule has 7 heteroatoms. The van der Waals surface area contributed by atoms with E-state index in [2.05, 4.69) is 4.98 Å². The number of hydrogen-bond donors (Lipinski definition) is 0. The molecule has 0 saturated carbocycles. The third-order valence-corrected chi connectivity index (χ3v) is 6.34. The van der Waals surface area contributed by atoms with Crippen LogP contribution in [0.1, 0.15) is 13.3 Å². The molecule has 1 atom stereocenters. The van der Waals surface area contributed by atoms with Crippen molar-refractivity contribution >= 4 is 50.8 Å². The van der Waals surface area contributed by atoms with E-state index in [1.54, 1.807) is 35.6 Å². The van der Waals surface area contributed by atoms with E-state index in [9.17, 15) is 9.59 Å². The van der Waals surface area contributed by atoms with Crippen LogP contribution in [0.25, 0.3) is 10.2 Å². The zero-order chi connectivity index (χ0) is 18.1. The number of benzene rings is 2. The second kappa shape index (κ2) is 7.09. The molecule has 1 aromatic heterocycles. The first-order valence-electron chi connectivity index (χ1n) is 8.27. The molecule has 132 valence electrons. The normalized spacial score (nSPS) is 17.3. The molecule has 2 heterocycles. The van der Waals surface area contributed by atoms with Crippen LogP contribution in [-0.2, 0) is 9.59 Å². The van der Waals surface area contributed by atoms with Gasteiger partial charge in [-0.2, -0.15) is 0 Å². The number of fused-ring (bicyclic) bond motifs is 1. The highest BCUT2D eigenvalue weighted by molar-refractivity contribution is 8.02. The lowest BCUT2D eigenvalue weighted by atomic mass is 10.3. The summed E-state index contributed by atoms with van der Waals surface area (Å²) in [5.74, 6) is 0.344. The maximum atomic E-state index is 12.8. The maximum absolute atomic E-state index is 12.8. The van der Waals surface area contributed by atoms with Gasteiger partial charge in [-0.3, -0.25) is 9.59 Å². The molecule has 0 aliphatic carbocycles. The molecular weight excluding hydrogens is 368 g/mol. The van der Waals surface area contributed by atoms with Crippen molar-refractivity contribution in [2.75, 3.05) is 11.5 Å². The molecule has 1 aliphatic heterocycles. The van der Waals surface area contributed by atoms with Crippen molar-refractivity contribution in [3.63, 3.8) is 0 Å². The summed E-state index contributed by atoms with van der Waals surface area (Å²) in [6.45, 7) is 2.48. The van der Waals surface area contributed by atoms with Crippen molar-refractivity contribution in [2.24, 2.45) is 0 Å². The first-order chi connectivity index (χ1) is 12.7. The molecule has 4 rings (SSSR count). The lowest BCUT2D eigenvalue weighted by Crippen LogP contribution is -2.31. The number of nitrogens with zero attached hydrogens (tertiary/aromatic N) is 2. The number of imide groups is 1. The fourth-order valence-corrected chi connectivity index (χ4v) is 5.18. The van der Waals surface area contributed by atoms with Gasteiger partial charge in [-0.1, -0.05) is 23.9 Å². The van der Waals surface area contributed by atoms with E-state index in [1.807, 2.05) is 31.2 Å². The summed E-state index contributed by atoms with van der Waals surface area (Å²) in [5.41, 5.74) is 1.50. The predicted octanol–water partition coefficient (Wildman–Crippen LogP) is 4.12. The second-order valence-electron chi connectivity index (χ2n) is 5.75. The monoisotopic (exact) mass is 384 g/mol. The summed E-state index contributed by atoms with van der Waals surface area (Å²) < 4.78 is 7.30. The Hall–Kier alpha value is -2.38. The van der Waals surface area contributed by atoms with Crippen molar-refractivity contribution in [1.82, 2.24) is 4.98 Å². The number of thiazole rings is 1. The average Bonchev–Trinajstić information content (AvgIpc) is 3.17. The SMILES string of the molecule is CCOc1ccc(N2C(=O)CC(Sc3nc4ccccc4s3)C2=O)cc1. The average molecular weight is 384 g/mol. The largest absolute Gasteiger partial charge is 0.494 e. The van der Waals surface area contributed by atoms with Crippen molar-refractivity contribution in [3.8, 4) is 5.75 Å². The highest BCUT2D eigenvalue weighted by Crippen LogP contribution is 2.37. The van der Waals surface area contributed by atoms with Crippen molar-refractivity contribution in [3.05, 3.63) is 48.5 Å². The lowest BCUT2D eigenvalue weighted by molar-refractivity contribution is -0.121. The number of aromatic nitrogens is 1. The minimum absolute atomic E-state index is 0.183. The van der Waals surface area contributed by atoms with Gasteiger partial charge in [0.15, 0.2) is 4.34 Å². The molecule has 26 heavy (non-hydrogen) atoms. The van der Waals surface area contributed by atoms with Gasteiger partial charge in [-0.15, -0.1) is 11.3 Å². The van der Waals surface area contributed by atoms with Crippen LogP contribution in [0.2, 0.25) is 0 Å². The molecule has 1 unspecified atom stereocenters. The lowest BCUT2D eigenvalue weighted by Gasteiger charge is -2.15. The minimum Gasteiger partial charge on any atom is -0.494 e. The molecule has 1 fully saturated rings. The number of thioether (sulfide) groups is 1. The van der Waals surface area contributed by atoms with Crippen molar-refractivity contribution in [1.29, 1.82) is 0 Å². The zero-order valence-electron chi connectivity index (χ0n) is 14.0.